The Kier molecular flexibility index (Phi) is 4.46. The number of carbonyl (C=O) groups excluding carboxylic acids is 1. The quantitative estimate of drug-likeness (QED) is 0.553. The van der Waals surface area contributed by atoms with Crippen LogP contribution in [0.25, 0.3) is 0 Å². The second-order valence-corrected chi connectivity index (χ2v) is 6.04. The van der Waals surface area contributed by atoms with E-state index in [9.17, 15) is 4.79 Å². The van der Waals surface area contributed by atoms with Gasteiger partial charge in [-0.05, 0) is 34.1 Å². The topological polar surface area (TPSA) is 35.5 Å². The molecule has 88 valence electrons. The molecule has 2 atom stereocenters. The van der Waals surface area contributed by atoms with Crippen molar-refractivity contribution in [2.24, 2.45) is 5.41 Å². The molecule has 0 aromatic rings. The van der Waals surface area contributed by atoms with Crippen LogP contribution < -0.4 is 0 Å². The smallest absolute Gasteiger partial charge is 0.312 e. The zero-order chi connectivity index (χ0) is 11.5. The van der Waals surface area contributed by atoms with Gasteiger partial charge in [0.15, 0.2) is 0 Å². The number of rotatable bonds is 3. The van der Waals surface area contributed by atoms with Crippen LogP contribution in [0.3, 0.4) is 0 Å². The molecule has 1 aliphatic rings. The molecule has 0 aliphatic carbocycles. The second kappa shape index (κ2) is 5.21. The number of hydrogen-bond acceptors (Lipinski definition) is 4. The van der Waals surface area contributed by atoms with E-state index in [0.717, 1.165) is 13.0 Å². The van der Waals surface area contributed by atoms with E-state index in [1.54, 1.807) is 11.8 Å². The van der Waals surface area contributed by atoms with Gasteiger partial charge in [0.1, 0.15) is 5.94 Å². The molecule has 0 radical (unpaired) electrons. The van der Waals surface area contributed by atoms with Crippen LogP contribution in [0.4, 0.5) is 0 Å². The fourth-order valence-electron chi connectivity index (χ4n) is 1.32. The summed E-state index contributed by atoms with van der Waals surface area (Å²) in [5.41, 5.74) is -0.404. The van der Waals surface area contributed by atoms with E-state index >= 15 is 0 Å². The Morgan fingerprint density at radius 3 is 2.67 bits per heavy atom. The zero-order valence-electron chi connectivity index (χ0n) is 9.91. The van der Waals surface area contributed by atoms with Gasteiger partial charge in [0.25, 0.3) is 0 Å². The molecule has 15 heavy (non-hydrogen) atoms. The molecule has 0 amide bonds. The minimum atomic E-state index is -0.404. The van der Waals surface area contributed by atoms with Gasteiger partial charge in [-0.2, -0.15) is 0 Å². The van der Waals surface area contributed by atoms with E-state index in [-0.39, 0.29) is 12.1 Å². The maximum atomic E-state index is 11.5. The van der Waals surface area contributed by atoms with Gasteiger partial charge in [0, 0.05) is 11.9 Å². The van der Waals surface area contributed by atoms with E-state index in [1.165, 1.54) is 0 Å². The Bertz CT molecular complexity index is 222. The molecule has 0 spiro atoms. The highest BCUT2D eigenvalue weighted by Gasteiger charge is 2.26. The Morgan fingerprint density at radius 2 is 2.20 bits per heavy atom. The molecule has 2 unspecified atom stereocenters. The molecule has 0 aromatic carbocycles. The standard InChI is InChI=1S/C11H20O3S/c1-8-9(5-6-13-8)15-7-14-10(12)11(2,3)4/h8-9H,5-7H2,1-4H3. The van der Waals surface area contributed by atoms with Crippen LogP contribution in [-0.4, -0.2) is 29.9 Å². The number of esters is 1. The number of hydrogen-bond donors (Lipinski definition) is 0. The van der Waals surface area contributed by atoms with E-state index < -0.39 is 5.41 Å². The predicted octanol–water partition coefficient (Wildman–Crippen LogP) is 2.44. The van der Waals surface area contributed by atoms with Crippen molar-refractivity contribution in [3.63, 3.8) is 0 Å². The average molecular weight is 232 g/mol. The highest BCUT2D eigenvalue weighted by Crippen LogP contribution is 2.27. The predicted molar refractivity (Wildman–Crippen MR) is 61.8 cm³/mol. The molecule has 1 aliphatic heterocycles. The average Bonchev–Trinajstić information content (AvgIpc) is 2.50. The van der Waals surface area contributed by atoms with Crippen LogP contribution in [0.5, 0.6) is 0 Å². The summed E-state index contributed by atoms with van der Waals surface area (Å²) < 4.78 is 10.6. The van der Waals surface area contributed by atoms with Gasteiger partial charge in [-0.1, -0.05) is 0 Å². The van der Waals surface area contributed by atoms with Gasteiger partial charge < -0.3 is 9.47 Å². The summed E-state index contributed by atoms with van der Waals surface area (Å²) in [4.78, 5) is 11.5. The fourth-order valence-corrected chi connectivity index (χ4v) is 2.28. The molecule has 1 rings (SSSR count). The third-order valence-electron chi connectivity index (χ3n) is 2.39. The summed E-state index contributed by atoms with van der Waals surface area (Å²) in [6, 6.07) is 0. The van der Waals surface area contributed by atoms with Crippen molar-refractivity contribution in [1.29, 1.82) is 0 Å². The van der Waals surface area contributed by atoms with Gasteiger partial charge in [-0.15, -0.1) is 11.8 Å². The number of thioether (sulfide) groups is 1. The summed E-state index contributed by atoms with van der Waals surface area (Å²) in [6.07, 6.45) is 1.34. The molecular formula is C11H20O3S. The Balaban J connectivity index is 2.19. The summed E-state index contributed by atoms with van der Waals surface area (Å²) in [5.74, 6) is 0.302. The molecular weight excluding hydrogens is 212 g/mol. The van der Waals surface area contributed by atoms with E-state index in [4.69, 9.17) is 9.47 Å². The van der Waals surface area contributed by atoms with Gasteiger partial charge >= 0.3 is 5.97 Å². The van der Waals surface area contributed by atoms with E-state index in [2.05, 4.69) is 6.92 Å². The summed E-state index contributed by atoms with van der Waals surface area (Å²) in [6.45, 7) is 8.48. The normalized spacial score (nSPS) is 26.7. The van der Waals surface area contributed by atoms with Crippen molar-refractivity contribution in [3.05, 3.63) is 0 Å². The van der Waals surface area contributed by atoms with Crippen LogP contribution in [0, 0.1) is 5.41 Å². The first-order valence-electron chi connectivity index (χ1n) is 5.31. The molecule has 1 fully saturated rings. The third kappa shape index (κ3) is 4.03. The van der Waals surface area contributed by atoms with Gasteiger partial charge in [0.05, 0.1) is 11.5 Å². The molecule has 3 nitrogen and oxygen atoms in total. The minimum absolute atomic E-state index is 0.137. The molecule has 0 saturated carbocycles. The Morgan fingerprint density at radius 1 is 1.53 bits per heavy atom. The van der Waals surface area contributed by atoms with Crippen molar-refractivity contribution >= 4 is 17.7 Å². The van der Waals surface area contributed by atoms with Crippen molar-refractivity contribution in [1.82, 2.24) is 0 Å². The monoisotopic (exact) mass is 232 g/mol. The van der Waals surface area contributed by atoms with Crippen molar-refractivity contribution in [2.75, 3.05) is 12.5 Å². The van der Waals surface area contributed by atoms with E-state index in [1.807, 2.05) is 20.8 Å². The molecule has 0 N–H and O–H groups in total. The molecule has 1 saturated heterocycles. The highest BCUT2D eigenvalue weighted by molar-refractivity contribution is 7.99. The lowest BCUT2D eigenvalue weighted by molar-refractivity contribution is -0.150. The lowest BCUT2D eigenvalue weighted by Gasteiger charge is -2.18. The maximum Gasteiger partial charge on any atom is 0.312 e. The van der Waals surface area contributed by atoms with Crippen molar-refractivity contribution in [3.8, 4) is 0 Å². The van der Waals surface area contributed by atoms with Crippen LogP contribution in [0.2, 0.25) is 0 Å². The highest BCUT2D eigenvalue weighted by atomic mass is 32.2. The van der Waals surface area contributed by atoms with Crippen LogP contribution in [-0.2, 0) is 14.3 Å². The maximum absolute atomic E-state index is 11.5. The summed E-state index contributed by atoms with van der Waals surface area (Å²) in [5, 5.41) is 0.470. The minimum Gasteiger partial charge on any atom is -0.454 e. The fraction of sp³-hybridized carbons (Fsp3) is 0.909. The summed E-state index contributed by atoms with van der Waals surface area (Å²) in [7, 11) is 0. The zero-order valence-corrected chi connectivity index (χ0v) is 10.7. The van der Waals surface area contributed by atoms with Gasteiger partial charge in [-0.25, -0.2) is 0 Å². The molecule has 4 heteroatoms. The Hall–Kier alpha value is -0.220. The number of carbonyl (C=O) groups is 1. The van der Waals surface area contributed by atoms with Gasteiger partial charge in [0.2, 0.25) is 0 Å². The number of ether oxygens (including phenoxy) is 2. The third-order valence-corrected chi connectivity index (χ3v) is 3.69. The van der Waals surface area contributed by atoms with Crippen molar-refractivity contribution in [2.45, 2.75) is 45.5 Å². The lowest BCUT2D eigenvalue weighted by atomic mass is 9.98. The van der Waals surface area contributed by atoms with Crippen LogP contribution in [0.1, 0.15) is 34.1 Å². The molecule has 0 bridgehead atoms. The van der Waals surface area contributed by atoms with Crippen LogP contribution >= 0.6 is 11.8 Å². The largest absolute Gasteiger partial charge is 0.454 e. The second-order valence-electron chi connectivity index (χ2n) is 4.87. The summed E-state index contributed by atoms with van der Waals surface area (Å²) >= 11 is 1.67. The lowest BCUT2D eigenvalue weighted by Crippen LogP contribution is -2.23. The first kappa shape index (κ1) is 12.8. The first-order valence-corrected chi connectivity index (χ1v) is 6.36. The van der Waals surface area contributed by atoms with Crippen LogP contribution in [0.15, 0.2) is 0 Å². The SMILES string of the molecule is CC1OCCC1SCOC(=O)C(C)(C)C. The Labute approximate surface area is 95.9 Å². The first-order chi connectivity index (χ1) is 6.91. The molecule has 0 aromatic heterocycles. The molecule has 1 heterocycles. The van der Waals surface area contributed by atoms with E-state index in [0.29, 0.717) is 11.2 Å². The van der Waals surface area contributed by atoms with Crippen molar-refractivity contribution < 1.29 is 14.3 Å². The van der Waals surface area contributed by atoms with Gasteiger partial charge in [-0.3, -0.25) is 4.79 Å².